The zero-order valence-electron chi connectivity index (χ0n) is 8.08. The quantitative estimate of drug-likeness (QED) is 0.275. The van der Waals surface area contributed by atoms with Crippen LogP contribution in [0.15, 0.2) is 0 Å². The van der Waals surface area contributed by atoms with Crippen LogP contribution in [0.1, 0.15) is 45.4 Å². The van der Waals surface area contributed by atoms with Crippen LogP contribution in [-0.4, -0.2) is 10.2 Å². The Morgan fingerprint density at radius 2 is 1.42 bits per heavy atom. The molecule has 0 N–H and O–H groups in total. The minimum absolute atomic E-state index is 0.530. The molecule has 0 aromatic carbocycles. The predicted molar refractivity (Wildman–Crippen MR) is 76.2 cm³/mol. The van der Waals surface area contributed by atoms with Crippen LogP contribution < -0.4 is 13.3 Å². The molecule has 12 heavy (non-hydrogen) atoms. The molecule has 0 saturated carbocycles. The summed E-state index contributed by atoms with van der Waals surface area (Å²) >= 11 is 5.30. The van der Waals surface area contributed by atoms with Crippen molar-refractivity contribution in [1.29, 1.82) is 0 Å². The molecule has 0 aromatic heterocycles. The molecule has 0 atom stereocenters. The summed E-state index contributed by atoms with van der Waals surface area (Å²) in [4.78, 5) is 0. The predicted octanol–water partition coefficient (Wildman–Crippen LogP) is 0.906. The molecule has 0 aliphatic heterocycles. The number of hydrogen-bond acceptors (Lipinski definition) is 0. The van der Waals surface area contributed by atoms with Crippen LogP contribution in [0.5, 0.6) is 0 Å². The summed E-state index contributed by atoms with van der Waals surface area (Å²) in [6.45, 7) is 2.27. The van der Waals surface area contributed by atoms with Crippen LogP contribution in [0, 0.1) is 0 Å². The van der Waals surface area contributed by atoms with Gasteiger partial charge < -0.3 is 0 Å². The van der Waals surface area contributed by atoms with Gasteiger partial charge in [0.25, 0.3) is 0 Å². The van der Waals surface area contributed by atoms with Gasteiger partial charge >= 0.3 is 50.5 Å². The van der Waals surface area contributed by atoms with Gasteiger partial charge in [0, 0.05) is 10.2 Å². The fourth-order valence-electron chi connectivity index (χ4n) is 1.03. The van der Waals surface area contributed by atoms with E-state index in [2.05, 4.69) is 44.2 Å². The Labute approximate surface area is 110 Å². The fraction of sp³-hybridized carbons (Fsp3) is 1.00. The number of halogens is 3. The maximum absolute atomic E-state index is 2.39. The molecule has 0 fully saturated rings. The van der Waals surface area contributed by atoms with Gasteiger partial charge in [-0.2, -0.15) is 0 Å². The van der Waals surface area contributed by atoms with Crippen molar-refractivity contribution in [2.24, 2.45) is 0 Å². The SMILES string of the molecule is CCCCCCCC[SiH3].I[I-]I. The first kappa shape index (κ1) is 16.8. The van der Waals surface area contributed by atoms with Gasteiger partial charge in [-0.05, 0) is 0 Å². The molecule has 0 aromatic rings. The first-order valence-electron chi connectivity index (χ1n) is 4.70. The van der Waals surface area contributed by atoms with E-state index in [1.54, 1.807) is 0 Å². The van der Waals surface area contributed by atoms with Crippen LogP contribution in [-0.2, 0) is 0 Å². The zero-order chi connectivity index (χ0) is 9.66. The van der Waals surface area contributed by atoms with E-state index in [0.29, 0.717) is 13.3 Å². The van der Waals surface area contributed by atoms with E-state index in [1.165, 1.54) is 54.8 Å². The van der Waals surface area contributed by atoms with Crippen molar-refractivity contribution in [3.8, 4) is 0 Å². The third kappa shape index (κ3) is 22.8. The summed E-state index contributed by atoms with van der Waals surface area (Å²) in [5.41, 5.74) is 0. The zero-order valence-corrected chi connectivity index (χ0v) is 16.6. The number of unbranched alkanes of at least 4 members (excludes halogenated alkanes) is 5. The molecule has 0 spiro atoms. The summed E-state index contributed by atoms with van der Waals surface area (Å²) in [7, 11) is 1.41. The van der Waals surface area contributed by atoms with Gasteiger partial charge in [0.15, 0.2) is 0 Å². The van der Waals surface area contributed by atoms with E-state index in [0.717, 1.165) is 0 Å². The molecule has 0 bridgehead atoms. The minimum atomic E-state index is 0.530. The van der Waals surface area contributed by atoms with Crippen molar-refractivity contribution in [2.45, 2.75) is 51.5 Å². The molecule has 0 rings (SSSR count). The van der Waals surface area contributed by atoms with Gasteiger partial charge in [-0.1, -0.05) is 51.5 Å². The maximum atomic E-state index is 2.39. The Hall–Kier alpha value is 2.41. The normalized spacial score (nSPS) is 9.58. The first-order chi connectivity index (χ1) is 5.83. The van der Waals surface area contributed by atoms with Crippen LogP contribution in [0.25, 0.3) is 0 Å². The van der Waals surface area contributed by atoms with E-state index in [4.69, 9.17) is 0 Å². The third-order valence-corrected chi connectivity index (χ3v) is 2.41. The Balaban J connectivity index is 0. The molecular formula is C8H20I3Si-. The Kier molecular flexibility index (Phi) is 26.7. The Bertz CT molecular complexity index is 56.3. The monoisotopic (exact) mass is 525 g/mol. The summed E-state index contributed by atoms with van der Waals surface area (Å²) in [5.74, 6) is 0. The second-order valence-electron chi connectivity index (χ2n) is 2.82. The molecule has 0 saturated heterocycles. The average Bonchev–Trinajstić information content (AvgIpc) is 2.06. The van der Waals surface area contributed by atoms with Crippen molar-refractivity contribution >= 4 is 47.5 Å². The third-order valence-electron chi connectivity index (χ3n) is 1.71. The number of rotatable bonds is 6. The van der Waals surface area contributed by atoms with Crippen LogP contribution in [0.2, 0.25) is 6.04 Å². The molecule has 0 radical (unpaired) electrons. The van der Waals surface area contributed by atoms with E-state index in [1.807, 2.05) is 0 Å². The van der Waals surface area contributed by atoms with Gasteiger partial charge in [-0.3, -0.25) is 0 Å². The molecule has 0 nitrogen and oxygen atoms in total. The van der Waals surface area contributed by atoms with Gasteiger partial charge in [0.1, 0.15) is 0 Å². The summed E-state index contributed by atoms with van der Waals surface area (Å²) in [5, 5.41) is 0. The second-order valence-corrected chi connectivity index (χ2v) is 20.1. The van der Waals surface area contributed by atoms with E-state index < -0.39 is 0 Å². The van der Waals surface area contributed by atoms with E-state index in [-0.39, 0.29) is 0 Å². The second kappa shape index (κ2) is 19.1. The summed E-state index contributed by atoms with van der Waals surface area (Å²) < 4.78 is 0. The van der Waals surface area contributed by atoms with E-state index in [9.17, 15) is 0 Å². The molecule has 4 heteroatoms. The van der Waals surface area contributed by atoms with E-state index >= 15 is 0 Å². The first-order valence-corrected chi connectivity index (χ1v) is 18.7. The van der Waals surface area contributed by atoms with Gasteiger partial charge in [-0.15, -0.1) is 0 Å². The Morgan fingerprint density at radius 3 is 1.83 bits per heavy atom. The number of hydrogen-bond donors (Lipinski definition) is 0. The van der Waals surface area contributed by atoms with Crippen molar-refractivity contribution in [2.75, 3.05) is 0 Å². The van der Waals surface area contributed by atoms with Crippen LogP contribution in [0.3, 0.4) is 0 Å². The van der Waals surface area contributed by atoms with Gasteiger partial charge in [-0.25, -0.2) is 0 Å². The fourth-order valence-corrected chi connectivity index (χ4v) is 1.53. The van der Waals surface area contributed by atoms with Crippen LogP contribution >= 0.6 is 37.2 Å². The molecule has 0 heterocycles. The van der Waals surface area contributed by atoms with Crippen LogP contribution in [0.4, 0.5) is 0 Å². The standard InChI is InChI=1S/C8H20Si.I3/c1-2-3-4-5-6-7-8-9;1-3-2/h2-8H2,1,9H3;/q;-1. The molecular weight excluding hydrogens is 505 g/mol. The summed E-state index contributed by atoms with van der Waals surface area (Å²) in [6, 6.07) is 1.51. The van der Waals surface area contributed by atoms with Crippen molar-refractivity contribution in [3.63, 3.8) is 0 Å². The molecule has 0 unspecified atom stereocenters. The molecule has 0 amide bonds. The molecule has 0 aliphatic carbocycles. The van der Waals surface area contributed by atoms with Gasteiger partial charge in [0.05, 0.1) is 0 Å². The molecule has 78 valence electrons. The summed E-state index contributed by atoms with van der Waals surface area (Å²) in [6.07, 6.45) is 8.76. The van der Waals surface area contributed by atoms with Crippen molar-refractivity contribution < 1.29 is 13.3 Å². The molecule has 0 aliphatic rings. The van der Waals surface area contributed by atoms with Gasteiger partial charge in [0.2, 0.25) is 0 Å². The van der Waals surface area contributed by atoms with Crippen molar-refractivity contribution in [1.82, 2.24) is 0 Å². The van der Waals surface area contributed by atoms with Crippen molar-refractivity contribution in [3.05, 3.63) is 0 Å². The average molecular weight is 525 g/mol. The topological polar surface area (TPSA) is 0 Å². The Morgan fingerprint density at radius 1 is 1.00 bits per heavy atom.